The zero-order valence-corrected chi connectivity index (χ0v) is 15.4. The van der Waals surface area contributed by atoms with E-state index in [9.17, 15) is 17.2 Å². The molecule has 0 unspecified atom stereocenters. The molecule has 4 rings (SSSR count). The van der Waals surface area contributed by atoms with Crippen molar-refractivity contribution in [2.75, 3.05) is 18.8 Å². The van der Waals surface area contributed by atoms with Crippen LogP contribution in [0, 0.1) is 6.92 Å². The van der Waals surface area contributed by atoms with Crippen LogP contribution >= 0.6 is 0 Å². The normalized spacial score (nSPS) is 16.7. The Balaban J connectivity index is 1.76. The average molecular weight is 407 g/mol. The van der Waals surface area contributed by atoms with Gasteiger partial charge in [0.05, 0.1) is 29.9 Å². The van der Waals surface area contributed by atoms with Gasteiger partial charge in [-0.3, -0.25) is 0 Å². The van der Waals surface area contributed by atoms with E-state index in [1.165, 1.54) is 35.7 Å². The Labute approximate surface area is 158 Å². The maximum absolute atomic E-state index is 13.1. The second-order valence-corrected chi connectivity index (χ2v) is 8.35. The van der Waals surface area contributed by atoms with Gasteiger partial charge in [0.2, 0.25) is 10.0 Å². The molecule has 0 aliphatic carbocycles. The first-order valence-electron chi connectivity index (χ1n) is 8.14. The molecule has 2 N–H and O–H groups in total. The van der Waals surface area contributed by atoms with Crippen molar-refractivity contribution in [3.63, 3.8) is 0 Å². The fourth-order valence-electron chi connectivity index (χ4n) is 2.83. The van der Waals surface area contributed by atoms with E-state index in [0.29, 0.717) is 11.3 Å². The van der Waals surface area contributed by atoms with E-state index in [0.717, 1.165) is 9.87 Å². The zero-order chi connectivity index (χ0) is 20.1. The summed E-state index contributed by atoms with van der Waals surface area (Å²) >= 11 is 0. The minimum Gasteiger partial charge on any atom is -0.381 e. The molecule has 0 radical (unpaired) electrons. The molecule has 2 aromatic heterocycles. The number of aryl methyl sites for hydroxylation is 1. The highest BCUT2D eigenvalue weighted by molar-refractivity contribution is 7.89. The number of benzene rings is 1. The highest BCUT2D eigenvalue weighted by Crippen LogP contribution is 2.34. The molecule has 1 aromatic carbocycles. The third kappa shape index (κ3) is 3.10. The predicted molar refractivity (Wildman–Crippen MR) is 95.2 cm³/mol. The summed E-state index contributed by atoms with van der Waals surface area (Å²) in [6.07, 6.45) is 4.13. The molecule has 0 spiro atoms. The Morgan fingerprint density at radius 2 is 2.00 bits per heavy atom. The molecule has 1 saturated heterocycles. The summed E-state index contributed by atoms with van der Waals surface area (Å²) in [5.74, 6) is -2.63. The molecular formula is C16H15F2N7O2S. The van der Waals surface area contributed by atoms with E-state index in [2.05, 4.69) is 20.1 Å². The number of aromatic nitrogens is 5. The van der Waals surface area contributed by atoms with Gasteiger partial charge in [-0.05, 0) is 24.6 Å². The van der Waals surface area contributed by atoms with Gasteiger partial charge < -0.3 is 5.73 Å². The Hall–Kier alpha value is -2.99. The van der Waals surface area contributed by atoms with E-state index in [1.807, 2.05) is 0 Å². The summed E-state index contributed by atoms with van der Waals surface area (Å²) in [5.41, 5.74) is 7.44. The molecular weight excluding hydrogens is 392 g/mol. The van der Waals surface area contributed by atoms with E-state index < -0.39 is 29.0 Å². The lowest BCUT2D eigenvalue weighted by Gasteiger charge is -2.37. The summed E-state index contributed by atoms with van der Waals surface area (Å²) in [6, 6.07) is 4.37. The van der Waals surface area contributed by atoms with Crippen molar-refractivity contribution in [2.45, 2.75) is 17.7 Å². The second kappa shape index (κ2) is 6.27. The summed E-state index contributed by atoms with van der Waals surface area (Å²) in [7, 11) is -4.03. The number of nitrogen functional groups attached to an aromatic ring is 1. The number of halogens is 2. The maximum atomic E-state index is 13.1. The van der Waals surface area contributed by atoms with Gasteiger partial charge >= 0.3 is 0 Å². The van der Waals surface area contributed by atoms with E-state index >= 15 is 0 Å². The van der Waals surface area contributed by atoms with Crippen LogP contribution in [0.25, 0.3) is 17.1 Å². The van der Waals surface area contributed by atoms with Gasteiger partial charge in [0.25, 0.3) is 5.92 Å². The van der Waals surface area contributed by atoms with Crippen molar-refractivity contribution in [1.29, 1.82) is 0 Å². The lowest BCUT2D eigenvalue weighted by Crippen LogP contribution is -2.58. The summed E-state index contributed by atoms with van der Waals surface area (Å²) < 4.78 is 53.5. The average Bonchev–Trinajstić information content (AvgIpc) is 3.15. The standard InChI is InChI=1S/C16H15F2N7O2S/c1-10-2-3-11(28(26,27)24-6-16(17,18)7-24)4-12(10)13-5-21-14(19)15(23-13)25-9-20-8-22-25/h2-5,8-9H,6-7H2,1H3,(H2,19,21). The van der Waals surface area contributed by atoms with E-state index in [-0.39, 0.29) is 16.5 Å². The molecule has 1 aliphatic heterocycles. The highest BCUT2D eigenvalue weighted by atomic mass is 32.2. The number of anilines is 1. The first-order valence-corrected chi connectivity index (χ1v) is 9.58. The SMILES string of the molecule is Cc1ccc(S(=O)(=O)N2CC(F)(F)C2)cc1-c1cnc(N)c(-n2cncn2)n1. The van der Waals surface area contributed by atoms with Gasteiger partial charge in [0.15, 0.2) is 11.6 Å². The Bertz CT molecular complexity index is 1140. The fraction of sp³-hybridized carbons (Fsp3) is 0.250. The van der Waals surface area contributed by atoms with Crippen LogP contribution in [-0.4, -0.2) is 56.5 Å². The van der Waals surface area contributed by atoms with Crippen molar-refractivity contribution in [3.05, 3.63) is 42.6 Å². The van der Waals surface area contributed by atoms with Crippen LogP contribution in [0.5, 0.6) is 0 Å². The number of hydrogen-bond donors (Lipinski definition) is 1. The third-order valence-electron chi connectivity index (χ3n) is 4.36. The van der Waals surface area contributed by atoms with Crippen LogP contribution in [0.4, 0.5) is 14.6 Å². The minimum absolute atomic E-state index is 0.0930. The molecule has 12 heteroatoms. The summed E-state index contributed by atoms with van der Waals surface area (Å²) in [6.45, 7) is 0.129. The van der Waals surface area contributed by atoms with Crippen molar-refractivity contribution in [1.82, 2.24) is 29.0 Å². The van der Waals surface area contributed by atoms with Gasteiger partial charge in [0, 0.05) is 5.56 Å². The smallest absolute Gasteiger partial charge is 0.275 e. The number of sulfonamides is 1. The number of nitrogens with two attached hydrogens (primary N) is 1. The van der Waals surface area contributed by atoms with Gasteiger partial charge in [-0.2, -0.15) is 14.1 Å². The number of hydrogen-bond acceptors (Lipinski definition) is 7. The largest absolute Gasteiger partial charge is 0.381 e. The Morgan fingerprint density at radius 1 is 1.25 bits per heavy atom. The van der Waals surface area contributed by atoms with Gasteiger partial charge in [0.1, 0.15) is 12.7 Å². The number of rotatable bonds is 4. The molecule has 1 aliphatic rings. The molecule has 1 fully saturated rings. The quantitative estimate of drug-likeness (QED) is 0.691. The molecule has 0 amide bonds. The number of alkyl halides is 2. The van der Waals surface area contributed by atoms with Crippen molar-refractivity contribution < 1.29 is 17.2 Å². The van der Waals surface area contributed by atoms with Gasteiger partial charge in [-0.25, -0.2) is 32.2 Å². The van der Waals surface area contributed by atoms with E-state index in [4.69, 9.17) is 5.73 Å². The molecule has 3 aromatic rings. The lowest BCUT2D eigenvalue weighted by molar-refractivity contribution is -0.0945. The molecule has 0 atom stereocenters. The van der Waals surface area contributed by atoms with Crippen molar-refractivity contribution >= 4 is 15.8 Å². The van der Waals surface area contributed by atoms with Crippen LogP contribution in [0.15, 0.2) is 41.9 Å². The minimum atomic E-state index is -4.03. The fourth-order valence-corrected chi connectivity index (χ4v) is 4.35. The summed E-state index contributed by atoms with van der Waals surface area (Å²) in [4.78, 5) is 12.3. The van der Waals surface area contributed by atoms with Crippen molar-refractivity contribution in [3.8, 4) is 17.1 Å². The molecule has 0 saturated carbocycles. The second-order valence-electron chi connectivity index (χ2n) is 6.41. The topological polar surface area (TPSA) is 120 Å². The van der Waals surface area contributed by atoms with Crippen LogP contribution in [0.2, 0.25) is 0 Å². The third-order valence-corrected chi connectivity index (χ3v) is 6.14. The zero-order valence-electron chi connectivity index (χ0n) is 14.6. The van der Waals surface area contributed by atoms with Gasteiger partial charge in [-0.15, -0.1) is 0 Å². The van der Waals surface area contributed by atoms with Crippen molar-refractivity contribution in [2.24, 2.45) is 0 Å². The lowest BCUT2D eigenvalue weighted by atomic mass is 10.1. The van der Waals surface area contributed by atoms with Crippen LogP contribution < -0.4 is 5.73 Å². The van der Waals surface area contributed by atoms with Crippen LogP contribution in [0.3, 0.4) is 0 Å². The first kappa shape index (κ1) is 18.4. The molecule has 3 heterocycles. The van der Waals surface area contributed by atoms with Gasteiger partial charge in [-0.1, -0.05) is 6.07 Å². The van der Waals surface area contributed by atoms with E-state index in [1.54, 1.807) is 13.0 Å². The molecule has 146 valence electrons. The molecule has 0 bridgehead atoms. The maximum Gasteiger partial charge on any atom is 0.275 e. The first-order chi connectivity index (χ1) is 13.2. The predicted octanol–water partition coefficient (Wildman–Crippen LogP) is 1.25. The van der Waals surface area contributed by atoms with Crippen LogP contribution in [0.1, 0.15) is 5.56 Å². The monoisotopic (exact) mass is 407 g/mol. The summed E-state index contributed by atoms with van der Waals surface area (Å²) in [5, 5.41) is 3.97. The number of nitrogens with zero attached hydrogens (tertiary/aromatic N) is 6. The highest BCUT2D eigenvalue weighted by Gasteiger charge is 2.49. The van der Waals surface area contributed by atoms with Crippen LogP contribution in [-0.2, 0) is 10.0 Å². The Morgan fingerprint density at radius 3 is 2.64 bits per heavy atom. The Kier molecular flexibility index (Phi) is 4.12. The molecule has 28 heavy (non-hydrogen) atoms. The molecule has 9 nitrogen and oxygen atoms in total.